The van der Waals surface area contributed by atoms with Crippen LogP contribution in [-0.2, 0) is 11.2 Å². The van der Waals surface area contributed by atoms with Gasteiger partial charge in [-0.3, -0.25) is 0 Å². The molecule has 0 saturated heterocycles. The van der Waals surface area contributed by atoms with Crippen LogP contribution in [0.5, 0.6) is 0 Å². The van der Waals surface area contributed by atoms with Gasteiger partial charge in [-0.1, -0.05) is 22.0 Å². The predicted octanol–water partition coefficient (Wildman–Crippen LogP) is 4.25. The van der Waals surface area contributed by atoms with Gasteiger partial charge in [-0.15, -0.1) is 0 Å². The number of benzene rings is 1. The normalized spacial score (nSPS) is 21.5. The van der Waals surface area contributed by atoms with E-state index >= 15 is 0 Å². The summed E-state index contributed by atoms with van der Waals surface area (Å²) >= 11 is 3.38. The first-order chi connectivity index (χ1) is 9.19. The molecule has 2 atom stereocenters. The average Bonchev–Trinajstić information content (AvgIpc) is 2.60. The highest BCUT2D eigenvalue weighted by Crippen LogP contribution is 2.39. The molecule has 2 unspecified atom stereocenters. The number of nitrogens with zero attached hydrogens (tertiary/aromatic N) is 1. The van der Waals surface area contributed by atoms with Gasteiger partial charge in [0.25, 0.3) is 0 Å². The van der Waals surface area contributed by atoms with Crippen molar-refractivity contribution < 1.29 is 13.9 Å². The first-order valence-electron chi connectivity index (χ1n) is 6.57. The van der Waals surface area contributed by atoms with Crippen LogP contribution < -0.4 is 0 Å². The van der Waals surface area contributed by atoms with Gasteiger partial charge < -0.3 is 9.64 Å². The summed E-state index contributed by atoms with van der Waals surface area (Å²) in [6.45, 7) is 5.39. The predicted molar refractivity (Wildman–Crippen MR) is 79.5 cm³/mol. The van der Waals surface area contributed by atoms with Crippen molar-refractivity contribution in [2.75, 3.05) is 7.05 Å². The second-order valence-electron chi connectivity index (χ2n) is 6.10. The summed E-state index contributed by atoms with van der Waals surface area (Å²) in [5, 5.41) is 0. The molecule has 0 radical (unpaired) electrons. The molecule has 0 heterocycles. The van der Waals surface area contributed by atoms with E-state index in [-0.39, 0.29) is 0 Å². The Balaban J connectivity index is 2.23. The van der Waals surface area contributed by atoms with Crippen molar-refractivity contribution in [3.05, 3.63) is 33.8 Å². The van der Waals surface area contributed by atoms with Crippen LogP contribution in [0, 0.1) is 0 Å². The Morgan fingerprint density at radius 2 is 2.10 bits per heavy atom. The summed E-state index contributed by atoms with van der Waals surface area (Å²) in [7, 11) is 1.59. The van der Waals surface area contributed by atoms with Crippen LogP contribution in [0.25, 0.3) is 0 Å². The molecule has 1 aliphatic rings. The van der Waals surface area contributed by atoms with E-state index in [1.54, 1.807) is 27.8 Å². The van der Waals surface area contributed by atoms with Crippen molar-refractivity contribution in [3.63, 3.8) is 0 Å². The van der Waals surface area contributed by atoms with Gasteiger partial charge in [-0.25, -0.2) is 9.18 Å². The lowest BCUT2D eigenvalue weighted by molar-refractivity contribution is 0.0149. The minimum Gasteiger partial charge on any atom is -0.444 e. The van der Waals surface area contributed by atoms with Gasteiger partial charge in [0, 0.05) is 17.9 Å². The standard InChI is InChI=1S/C15H19BrFNO2/c1-15(2,3)20-14(19)18(4)13-11-6-5-10(16)7-9(11)8-12(13)17/h5-7,12-13H,8H2,1-4H3. The molecule has 20 heavy (non-hydrogen) atoms. The number of hydrogen-bond donors (Lipinski definition) is 0. The van der Waals surface area contributed by atoms with Crippen molar-refractivity contribution in [1.82, 2.24) is 4.90 Å². The molecule has 110 valence electrons. The lowest BCUT2D eigenvalue weighted by atomic mass is 10.1. The molecular formula is C15H19BrFNO2. The first kappa shape index (κ1) is 15.3. The van der Waals surface area contributed by atoms with Crippen molar-refractivity contribution in [3.8, 4) is 0 Å². The molecule has 0 saturated carbocycles. The third kappa shape index (κ3) is 3.14. The van der Waals surface area contributed by atoms with Gasteiger partial charge in [-0.05, 0) is 44.0 Å². The van der Waals surface area contributed by atoms with E-state index in [2.05, 4.69) is 15.9 Å². The summed E-state index contributed by atoms with van der Waals surface area (Å²) in [5.74, 6) is 0. The van der Waals surface area contributed by atoms with E-state index < -0.39 is 23.9 Å². The van der Waals surface area contributed by atoms with Crippen LogP contribution in [0.4, 0.5) is 9.18 Å². The van der Waals surface area contributed by atoms with Crippen molar-refractivity contribution in [2.24, 2.45) is 0 Å². The molecule has 3 nitrogen and oxygen atoms in total. The van der Waals surface area contributed by atoms with Gasteiger partial charge in [-0.2, -0.15) is 0 Å². The first-order valence-corrected chi connectivity index (χ1v) is 7.36. The zero-order valence-electron chi connectivity index (χ0n) is 12.1. The van der Waals surface area contributed by atoms with Crippen LogP contribution >= 0.6 is 15.9 Å². The molecule has 5 heteroatoms. The fraction of sp³-hybridized carbons (Fsp3) is 0.533. The van der Waals surface area contributed by atoms with Crippen molar-refractivity contribution in [1.29, 1.82) is 0 Å². The van der Waals surface area contributed by atoms with Gasteiger partial charge >= 0.3 is 6.09 Å². The molecule has 0 bridgehead atoms. The summed E-state index contributed by atoms with van der Waals surface area (Å²) < 4.78 is 20.5. The molecule has 0 spiro atoms. The van der Waals surface area contributed by atoms with E-state index in [9.17, 15) is 9.18 Å². The molecule has 2 rings (SSSR count). The average molecular weight is 344 g/mol. The molecule has 0 aromatic heterocycles. The number of fused-ring (bicyclic) bond motifs is 1. The zero-order chi connectivity index (χ0) is 15.1. The smallest absolute Gasteiger partial charge is 0.410 e. The Kier molecular flexibility index (Phi) is 4.09. The van der Waals surface area contributed by atoms with E-state index in [4.69, 9.17) is 4.74 Å². The number of carbonyl (C=O) groups excluding carboxylic acids is 1. The quantitative estimate of drug-likeness (QED) is 0.762. The number of carbonyl (C=O) groups is 1. The van der Waals surface area contributed by atoms with Gasteiger partial charge in [0.15, 0.2) is 0 Å². The molecule has 0 fully saturated rings. The summed E-state index contributed by atoms with van der Waals surface area (Å²) in [6, 6.07) is 5.07. The number of rotatable bonds is 1. The number of hydrogen-bond acceptors (Lipinski definition) is 2. The minimum atomic E-state index is -1.10. The summed E-state index contributed by atoms with van der Waals surface area (Å²) in [6.07, 6.45) is -1.27. The topological polar surface area (TPSA) is 29.5 Å². The van der Waals surface area contributed by atoms with Gasteiger partial charge in [0.2, 0.25) is 0 Å². The molecule has 1 aromatic carbocycles. The molecule has 1 aliphatic carbocycles. The maximum atomic E-state index is 14.3. The third-order valence-electron chi connectivity index (χ3n) is 3.28. The summed E-state index contributed by atoms with van der Waals surface area (Å²) in [4.78, 5) is 13.5. The lowest BCUT2D eigenvalue weighted by Gasteiger charge is -2.30. The highest BCUT2D eigenvalue weighted by molar-refractivity contribution is 9.10. The van der Waals surface area contributed by atoms with E-state index in [1.807, 2.05) is 18.2 Å². The highest BCUT2D eigenvalue weighted by Gasteiger charge is 2.38. The summed E-state index contributed by atoms with van der Waals surface area (Å²) in [5.41, 5.74) is 1.21. The maximum absolute atomic E-state index is 14.3. The Morgan fingerprint density at radius 3 is 2.70 bits per heavy atom. The zero-order valence-corrected chi connectivity index (χ0v) is 13.7. The van der Waals surface area contributed by atoms with E-state index in [1.165, 1.54) is 4.90 Å². The Labute approximate surface area is 127 Å². The fourth-order valence-corrected chi connectivity index (χ4v) is 2.86. The number of halogens is 2. The van der Waals surface area contributed by atoms with Gasteiger partial charge in [0.05, 0.1) is 6.04 Å². The maximum Gasteiger partial charge on any atom is 0.410 e. The molecule has 1 amide bonds. The van der Waals surface area contributed by atoms with Crippen LogP contribution in [0.2, 0.25) is 0 Å². The van der Waals surface area contributed by atoms with Crippen LogP contribution in [0.3, 0.4) is 0 Å². The van der Waals surface area contributed by atoms with E-state index in [0.717, 1.165) is 15.6 Å². The van der Waals surface area contributed by atoms with Crippen molar-refractivity contribution >= 4 is 22.0 Å². The fourth-order valence-electron chi connectivity index (χ4n) is 2.45. The number of ether oxygens (including phenoxy) is 1. The van der Waals surface area contributed by atoms with Crippen LogP contribution in [-0.4, -0.2) is 29.8 Å². The van der Waals surface area contributed by atoms with E-state index in [0.29, 0.717) is 6.42 Å². The van der Waals surface area contributed by atoms with Crippen LogP contribution in [0.1, 0.15) is 37.9 Å². The monoisotopic (exact) mass is 343 g/mol. The minimum absolute atomic E-state index is 0.326. The second kappa shape index (κ2) is 5.35. The van der Waals surface area contributed by atoms with Crippen molar-refractivity contribution in [2.45, 2.75) is 45.0 Å². The number of amides is 1. The Bertz CT molecular complexity index is 527. The lowest BCUT2D eigenvalue weighted by Crippen LogP contribution is -2.38. The second-order valence-corrected chi connectivity index (χ2v) is 7.02. The SMILES string of the molecule is CN(C(=O)OC(C)(C)C)C1c2ccc(Br)cc2CC1F. The number of alkyl halides is 1. The molecular weight excluding hydrogens is 325 g/mol. The molecule has 0 N–H and O–H groups in total. The molecule has 0 aliphatic heterocycles. The van der Waals surface area contributed by atoms with Gasteiger partial charge in [0.1, 0.15) is 11.8 Å². The Hall–Kier alpha value is -1.10. The van der Waals surface area contributed by atoms with Crippen LogP contribution in [0.15, 0.2) is 22.7 Å². The largest absolute Gasteiger partial charge is 0.444 e. The Morgan fingerprint density at radius 1 is 1.45 bits per heavy atom. The molecule has 1 aromatic rings. The third-order valence-corrected chi connectivity index (χ3v) is 3.77. The highest BCUT2D eigenvalue weighted by atomic mass is 79.9.